The van der Waals surface area contributed by atoms with Crippen LogP contribution in [0.3, 0.4) is 0 Å². The van der Waals surface area contributed by atoms with Crippen LogP contribution in [-0.2, 0) is 4.74 Å². The lowest BCUT2D eigenvalue weighted by atomic mass is 9.64. The topological polar surface area (TPSA) is 51.5 Å². The first-order valence-corrected chi connectivity index (χ1v) is 6.01. The van der Waals surface area contributed by atoms with Crippen LogP contribution in [0.4, 0.5) is 0 Å². The average Bonchev–Trinajstić information content (AvgIpc) is 2.81. The summed E-state index contributed by atoms with van der Waals surface area (Å²) in [7, 11) is 0. The number of furan rings is 1. The molecule has 94 valence electrons. The molecule has 2 rings (SSSR count). The smallest absolute Gasteiger partial charge is 0.287 e. The fraction of sp³-hybridized carbons (Fsp3) is 0.615. The van der Waals surface area contributed by atoms with Crippen LogP contribution in [0.15, 0.2) is 22.8 Å². The normalized spacial score (nSPS) is 26.3. The number of rotatable bonds is 4. The molecular weight excluding hydrogens is 218 g/mol. The van der Waals surface area contributed by atoms with Gasteiger partial charge in [0.1, 0.15) is 0 Å². The summed E-state index contributed by atoms with van der Waals surface area (Å²) >= 11 is 0. The zero-order valence-corrected chi connectivity index (χ0v) is 10.5. The van der Waals surface area contributed by atoms with Crippen LogP contribution < -0.4 is 5.32 Å². The number of carbonyl (C=O) groups is 1. The third-order valence-electron chi connectivity index (χ3n) is 3.60. The zero-order valence-electron chi connectivity index (χ0n) is 10.5. The lowest BCUT2D eigenvalue weighted by Crippen LogP contribution is -2.62. The first-order chi connectivity index (χ1) is 8.05. The highest BCUT2D eigenvalue weighted by atomic mass is 16.5. The van der Waals surface area contributed by atoms with E-state index < -0.39 is 0 Å². The van der Waals surface area contributed by atoms with Crippen LogP contribution in [0, 0.1) is 5.41 Å². The number of amides is 1. The number of carbonyl (C=O) groups excluding carboxylic acids is 1. The van der Waals surface area contributed by atoms with E-state index in [0.29, 0.717) is 12.4 Å². The Kier molecular flexibility index (Phi) is 3.24. The van der Waals surface area contributed by atoms with Crippen LogP contribution in [0.1, 0.15) is 37.7 Å². The molecule has 1 aliphatic rings. The lowest BCUT2D eigenvalue weighted by molar-refractivity contribution is -0.111. The summed E-state index contributed by atoms with van der Waals surface area (Å²) in [4.78, 5) is 11.8. The second-order valence-corrected chi connectivity index (χ2v) is 5.00. The maximum Gasteiger partial charge on any atom is 0.287 e. The molecule has 1 amide bonds. The molecule has 1 aromatic rings. The Morgan fingerprint density at radius 1 is 1.65 bits per heavy atom. The SMILES string of the molecule is CCO[C@@H]1C[C@H](NC(=O)c2ccco2)C1(C)C. The Bertz CT molecular complexity index is 383. The summed E-state index contributed by atoms with van der Waals surface area (Å²) in [5, 5.41) is 2.98. The lowest BCUT2D eigenvalue weighted by Gasteiger charge is -2.51. The van der Waals surface area contributed by atoms with Gasteiger partial charge in [-0.25, -0.2) is 0 Å². The molecule has 1 aromatic heterocycles. The van der Waals surface area contributed by atoms with Crippen LogP contribution in [-0.4, -0.2) is 24.7 Å². The minimum atomic E-state index is -0.150. The highest BCUT2D eigenvalue weighted by Crippen LogP contribution is 2.42. The van der Waals surface area contributed by atoms with Gasteiger partial charge in [0.05, 0.1) is 12.4 Å². The highest BCUT2D eigenvalue weighted by molar-refractivity contribution is 5.91. The van der Waals surface area contributed by atoms with E-state index in [4.69, 9.17) is 9.15 Å². The molecule has 0 radical (unpaired) electrons. The molecule has 17 heavy (non-hydrogen) atoms. The van der Waals surface area contributed by atoms with Crippen molar-refractivity contribution in [1.82, 2.24) is 5.32 Å². The van der Waals surface area contributed by atoms with Crippen LogP contribution in [0.25, 0.3) is 0 Å². The van der Waals surface area contributed by atoms with Crippen LogP contribution in [0.2, 0.25) is 0 Å². The summed E-state index contributed by atoms with van der Waals surface area (Å²) in [5.41, 5.74) is -0.0156. The minimum absolute atomic E-state index is 0.0156. The van der Waals surface area contributed by atoms with Crippen molar-refractivity contribution in [3.8, 4) is 0 Å². The van der Waals surface area contributed by atoms with E-state index >= 15 is 0 Å². The maximum atomic E-state index is 11.8. The number of hydrogen-bond donors (Lipinski definition) is 1. The van der Waals surface area contributed by atoms with Crippen molar-refractivity contribution in [2.45, 2.75) is 39.3 Å². The Morgan fingerprint density at radius 3 is 2.94 bits per heavy atom. The second kappa shape index (κ2) is 4.53. The predicted molar refractivity (Wildman–Crippen MR) is 63.8 cm³/mol. The average molecular weight is 237 g/mol. The third kappa shape index (κ3) is 2.22. The summed E-state index contributed by atoms with van der Waals surface area (Å²) in [6, 6.07) is 3.53. The standard InChI is InChI=1S/C13H19NO3/c1-4-16-11-8-10(13(11,2)3)14-12(15)9-6-5-7-17-9/h5-7,10-11H,4,8H2,1-3H3,(H,14,15)/t10-,11+/m0/s1. The van der Waals surface area contributed by atoms with E-state index in [2.05, 4.69) is 19.2 Å². The molecule has 2 atom stereocenters. The summed E-state index contributed by atoms with van der Waals surface area (Å²) in [6.45, 7) is 6.94. The Morgan fingerprint density at radius 2 is 2.41 bits per heavy atom. The molecule has 0 bridgehead atoms. The van der Waals surface area contributed by atoms with Gasteiger partial charge in [-0.3, -0.25) is 4.79 Å². The molecule has 0 aliphatic heterocycles. The molecule has 1 aliphatic carbocycles. The second-order valence-electron chi connectivity index (χ2n) is 5.00. The quantitative estimate of drug-likeness (QED) is 0.873. The van der Waals surface area contributed by atoms with Gasteiger partial charge in [0, 0.05) is 18.1 Å². The molecule has 1 saturated carbocycles. The number of ether oxygens (including phenoxy) is 1. The van der Waals surface area contributed by atoms with Gasteiger partial charge in [0.25, 0.3) is 5.91 Å². The van der Waals surface area contributed by atoms with Crippen molar-refractivity contribution in [3.63, 3.8) is 0 Å². The summed E-state index contributed by atoms with van der Waals surface area (Å²) < 4.78 is 10.7. The number of nitrogens with one attached hydrogen (secondary N) is 1. The molecule has 4 heteroatoms. The van der Waals surface area contributed by atoms with E-state index in [1.807, 2.05) is 6.92 Å². The largest absolute Gasteiger partial charge is 0.459 e. The predicted octanol–water partition coefficient (Wildman–Crippen LogP) is 2.21. The van der Waals surface area contributed by atoms with Gasteiger partial charge in [-0.05, 0) is 25.5 Å². The van der Waals surface area contributed by atoms with E-state index in [9.17, 15) is 4.79 Å². The molecule has 1 fully saturated rings. The number of hydrogen-bond acceptors (Lipinski definition) is 3. The van der Waals surface area contributed by atoms with Crippen molar-refractivity contribution in [3.05, 3.63) is 24.2 Å². The molecular formula is C13H19NO3. The van der Waals surface area contributed by atoms with E-state index in [1.165, 1.54) is 6.26 Å². The summed E-state index contributed by atoms with van der Waals surface area (Å²) in [5.74, 6) is 0.212. The molecule has 0 aromatic carbocycles. The van der Waals surface area contributed by atoms with Crippen molar-refractivity contribution >= 4 is 5.91 Å². The van der Waals surface area contributed by atoms with Gasteiger partial charge >= 0.3 is 0 Å². The molecule has 0 spiro atoms. The Balaban J connectivity index is 1.92. The molecule has 1 heterocycles. The summed E-state index contributed by atoms with van der Waals surface area (Å²) in [6.07, 6.45) is 2.60. The van der Waals surface area contributed by atoms with Gasteiger partial charge in [-0.15, -0.1) is 0 Å². The van der Waals surface area contributed by atoms with Crippen molar-refractivity contribution < 1.29 is 13.9 Å². The van der Waals surface area contributed by atoms with Gasteiger partial charge < -0.3 is 14.5 Å². The fourth-order valence-electron chi connectivity index (χ4n) is 2.25. The van der Waals surface area contributed by atoms with E-state index in [0.717, 1.165) is 6.42 Å². The van der Waals surface area contributed by atoms with E-state index in [1.54, 1.807) is 12.1 Å². The van der Waals surface area contributed by atoms with E-state index in [-0.39, 0.29) is 23.5 Å². The first kappa shape index (κ1) is 12.2. The van der Waals surface area contributed by atoms with Gasteiger partial charge in [-0.1, -0.05) is 13.8 Å². The third-order valence-corrected chi connectivity index (χ3v) is 3.60. The van der Waals surface area contributed by atoms with Crippen LogP contribution in [0.5, 0.6) is 0 Å². The first-order valence-electron chi connectivity index (χ1n) is 6.01. The highest BCUT2D eigenvalue weighted by Gasteiger charge is 2.49. The van der Waals surface area contributed by atoms with Crippen molar-refractivity contribution in [1.29, 1.82) is 0 Å². The zero-order chi connectivity index (χ0) is 12.5. The van der Waals surface area contributed by atoms with Gasteiger partial charge in [0.15, 0.2) is 5.76 Å². The Labute approximate surface area is 101 Å². The molecule has 4 nitrogen and oxygen atoms in total. The molecule has 0 unspecified atom stereocenters. The van der Waals surface area contributed by atoms with Gasteiger partial charge in [-0.2, -0.15) is 0 Å². The molecule has 1 N–H and O–H groups in total. The fourth-order valence-corrected chi connectivity index (χ4v) is 2.25. The minimum Gasteiger partial charge on any atom is -0.459 e. The Hall–Kier alpha value is -1.29. The monoisotopic (exact) mass is 237 g/mol. The van der Waals surface area contributed by atoms with Crippen molar-refractivity contribution in [2.75, 3.05) is 6.61 Å². The van der Waals surface area contributed by atoms with Crippen LogP contribution >= 0.6 is 0 Å². The van der Waals surface area contributed by atoms with Gasteiger partial charge in [0.2, 0.25) is 0 Å². The maximum absolute atomic E-state index is 11.8. The van der Waals surface area contributed by atoms with Crippen molar-refractivity contribution in [2.24, 2.45) is 5.41 Å². The molecule has 0 saturated heterocycles.